The number of pyridine rings is 1. The van der Waals surface area contributed by atoms with E-state index in [1.165, 1.54) is 3.57 Å². The quantitative estimate of drug-likeness (QED) is 0.481. The zero-order valence-electron chi connectivity index (χ0n) is 9.48. The lowest BCUT2D eigenvalue weighted by Gasteiger charge is -2.03. The molecule has 4 nitrogen and oxygen atoms in total. The molecule has 0 radical (unpaired) electrons. The van der Waals surface area contributed by atoms with Crippen molar-refractivity contribution >= 4 is 34.5 Å². The normalized spacial score (nSPS) is 11.5. The second-order valence-corrected chi connectivity index (χ2v) is 5.00. The van der Waals surface area contributed by atoms with Crippen LogP contribution in [0.25, 0.3) is 5.65 Å². The fraction of sp³-hybridized carbons (Fsp3) is 0.273. The van der Waals surface area contributed by atoms with E-state index < -0.39 is 0 Å². The lowest BCUT2D eigenvalue weighted by molar-refractivity contribution is 0.440. The average molecular weight is 328 g/mol. The van der Waals surface area contributed by atoms with E-state index in [-0.39, 0.29) is 0 Å². The fourth-order valence-corrected chi connectivity index (χ4v) is 1.94. The molecule has 2 heterocycles. The molecule has 0 spiro atoms. The molecule has 0 fully saturated rings. The molecule has 0 N–H and O–H groups in total. The highest BCUT2D eigenvalue weighted by atomic mass is 127. The Bertz CT molecular complexity index is 542. The van der Waals surface area contributed by atoms with Crippen LogP contribution in [0.4, 0.5) is 0 Å². The number of aromatic nitrogens is 2. The highest BCUT2D eigenvalue weighted by Crippen LogP contribution is 2.13. The summed E-state index contributed by atoms with van der Waals surface area (Å²) in [4.78, 5) is 4.48. The molecule has 0 aliphatic heterocycles. The van der Waals surface area contributed by atoms with E-state index in [1.807, 2.05) is 33.3 Å². The molecule has 0 saturated carbocycles. The van der Waals surface area contributed by atoms with Crippen LogP contribution in [0.2, 0.25) is 0 Å². The minimum Gasteiger partial charge on any atom is -0.303 e. The summed E-state index contributed by atoms with van der Waals surface area (Å²) in [6.45, 7) is 2.00. The Morgan fingerprint density at radius 3 is 2.88 bits per heavy atom. The maximum Gasteiger partial charge on any atom is 0.137 e. The van der Waals surface area contributed by atoms with E-state index in [1.54, 1.807) is 5.01 Å². The van der Waals surface area contributed by atoms with Crippen LogP contribution in [0.15, 0.2) is 23.4 Å². The molecule has 5 heteroatoms. The van der Waals surface area contributed by atoms with Gasteiger partial charge in [-0.15, -0.1) is 0 Å². The zero-order valence-corrected chi connectivity index (χ0v) is 11.6. The molecule has 0 aliphatic carbocycles. The molecule has 0 atom stereocenters. The van der Waals surface area contributed by atoms with Crippen LogP contribution in [0.1, 0.15) is 11.4 Å². The monoisotopic (exact) mass is 328 g/mol. The van der Waals surface area contributed by atoms with Crippen molar-refractivity contribution in [3.63, 3.8) is 0 Å². The molecule has 0 amide bonds. The van der Waals surface area contributed by atoms with Gasteiger partial charge in [-0.05, 0) is 41.6 Å². The van der Waals surface area contributed by atoms with Crippen LogP contribution in [-0.2, 0) is 0 Å². The maximum atomic E-state index is 4.48. The van der Waals surface area contributed by atoms with Gasteiger partial charge in [0.25, 0.3) is 0 Å². The standard InChI is InChI=1S/C11H13IN4/c1-8-10(6-13-15(2)3)16-7-9(12)4-5-11(16)14-8/h4-7H,1-3H3. The molecule has 0 saturated heterocycles. The topological polar surface area (TPSA) is 32.9 Å². The lowest BCUT2D eigenvalue weighted by Crippen LogP contribution is -2.03. The number of fused-ring (bicyclic) bond motifs is 1. The average Bonchev–Trinajstić information content (AvgIpc) is 2.51. The van der Waals surface area contributed by atoms with Gasteiger partial charge in [0.05, 0.1) is 17.6 Å². The third kappa shape index (κ3) is 2.18. The van der Waals surface area contributed by atoms with Gasteiger partial charge in [0.1, 0.15) is 5.65 Å². The summed E-state index contributed by atoms with van der Waals surface area (Å²) in [5, 5.41) is 6.02. The number of nitrogens with zero attached hydrogens (tertiary/aromatic N) is 4. The summed E-state index contributed by atoms with van der Waals surface area (Å²) >= 11 is 2.29. The Kier molecular flexibility index (Phi) is 3.13. The first-order valence-electron chi connectivity index (χ1n) is 4.93. The van der Waals surface area contributed by atoms with Crippen molar-refractivity contribution in [1.82, 2.24) is 14.4 Å². The van der Waals surface area contributed by atoms with Gasteiger partial charge in [0.15, 0.2) is 0 Å². The van der Waals surface area contributed by atoms with Gasteiger partial charge in [0.2, 0.25) is 0 Å². The van der Waals surface area contributed by atoms with Crippen LogP contribution in [-0.4, -0.2) is 34.7 Å². The van der Waals surface area contributed by atoms with Crippen molar-refractivity contribution < 1.29 is 0 Å². The Labute approximate surface area is 108 Å². The first kappa shape index (κ1) is 11.4. The zero-order chi connectivity index (χ0) is 11.7. The number of hydrazone groups is 1. The van der Waals surface area contributed by atoms with E-state index in [9.17, 15) is 0 Å². The van der Waals surface area contributed by atoms with Crippen LogP contribution in [0.3, 0.4) is 0 Å². The Balaban J connectivity index is 2.58. The second kappa shape index (κ2) is 4.40. The number of hydrogen-bond acceptors (Lipinski definition) is 3. The van der Waals surface area contributed by atoms with Gasteiger partial charge in [-0.3, -0.25) is 4.40 Å². The second-order valence-electron chi connectivity index (χ2n) is 3.75. The van der Waals surface area contributed by atoms with Crippen LogP contribution in [0, 0.1) is 10.5 Å². The summed E-state index contributed by atoms with van der Waals surface area (Å²) in [6.07, 6.45) is 3.90. The summed E-state index contributed by atoms with van der Waals surface area (Å²) in [5.41, 5.74) is 2.98. The number of aryl methyl sites for hydroxylation is 1. The lowest BCUT2D eigenvalue weighted by atomic mass is 10.4. The van der Waals surface area contributed by atoms with Crippen LogP contribution < -0.4 is 0 Å². The minimum atomic E-state index is 0.957. The predicted octanol–water partition coefficient (Wildman–Crippen LogP) is 2.14. The Morgan fingerprint density at radius 2 is 2.19 bits per heavy atom. The van der Waals surface area contributed by atoms with E-state index in [0.29, 0.717) is 0 Å². The first-order valence-corrected chi connectivity index (χ1v) is 6.01. The van der Waals surface area contributed by atoms with E-state index in [4.69, 9.17) is 0 Å². The third-order valence-corrected chi connectivity index (χ3v) is 2.85. The summed E-state index contributed by atoms with van der Waals surface area (Å²) in [5.74, 6) is 0. The predicted molar refractivity (Wildman–Crippen MR) is 73.9 cm³/mol. The van der Waals surface area contributed by atoms with Gasteiger partial charge >= 0.3 is 0 Å². The van der Waals surface area contributed by atoms with E-state index in [0.717, 1.165) is 17.0 Å². The Morgan fingerprint density at radius 1 is 1.44 bits per heavy atom. The van der Waals surface area contributed by atoms with Crippen molar-refractivity contribution in [3.8, 4) is 0 Å². The minimum absolute atomic E-state index is 0.957. The fourth-order valence-electron chi connectivity index (χ4n) is 1.48. The van der Waals surface area contributed by atoms with E-state index >= 15 is 0 Å². The number of rotatable bonds is 2. The summed E-state index contributed by atoms with van der Waals surface area (Å²) < 4.78 is 3.24. The first-order chi connectivity index (χ1) is 7.58. The van der Waals surface area contributed by atoms with Gasteiger partial charge in [-0.25, -0.2) is 4.98 Å². The molecule has 0 aliphatic rings. The molecular formula is C11H13IN4. The van der Waals surface area contributed by atoms with Gasteiger partial charge < -0.3 is 5.01 Å². The largest absolute Gasteiger partial charge is 0.303 e. The van der Waals surface area contributed by atoms with Gasteiger partial charge in [-0.2, -0.15) is 5.10 Å². The van der Waals surface area contributed by atoms with E-state index in [2.05, 4.69) is 49.3 Å². The molecule has 0 aromatic carbocycles. The molecule has 0 unspecified atom stereocenters. The molecular weight excluding hydrogens is 315 g/mol. The third-order valence-electron chi connectivity index (χ3n) is 2.21. The van der Waals surface area contributed by atoms with Crippen LogP contribution >= 0.6 is 22.6 Å². The Hall–Kier alpha value is -1.11. The maximum absolute atomic E-state index is 4.48. The smallest absolute Gasteiger partial charge is 0.137 e. The molecule has 2 aromatic rings. The molecule has 2 aromatic heterocycles. The number of imidazole rings is 1. The summed E-state index contributed by atoms with van der Waals surface area (Å²) in [6, 6.07) is 4.07. The molecule has 2 rings (SSSR count). The highest BCUT2D eigenvalue weighted by Gasteiger charge is 2.06. The van der Waals surface area contributed by atoms with Crippen molar-refractivity contribution in [2.24, 2.45) is 5.10 Å². The van der Waals surface area contributed by atoms with Crippen molar-refractivity contribution in [3.05, 3.63) is 33.3 Å². The highest BCUT2D eigenvalue weighted by molar-refractivity contribution is 14.1. The number of hydrogen-bond donors (Lipinski definition) is 0. The molecule has 0 bridgehead atoms. The van der Waals surface area contributed by atoms with Gasteiger partial charge in [0, 0.05) is 23.9 Å². The molecule has 16 heavy (non-hydrogen) atoms. The SMILES string of the molecule is Cc1nc2ccc(I)cn2c1C=NN(C)C. The summed E-state index contributed by atoms with van der Waals surface area (Å²) in [7, 11) is 3.80. The number of halogens is 1. The van der Waals surface area contributed by atoms with Crippen molar-refractivity contribution in [2.75, 3.05) is 14.1 Å². The van der Waals surface area contributed by atoms with Gasteiger partial charge in [-0.1, -0.05) is 0 Å². The van der Waals surface area contributed by atoms with Crippen LogP contribution in [0.5, 0.6) is 0 Å². The van der Waals surface area contributed by atoms with Crippen molar-refractivity contribution in [2.45, 2.75) is 6.92 Å². The van der Waals surface area contributed by atoms with Crippen molar-refractivity contribution in [1.29, 1.82) is 0 Å². The molecule has 84 valence electrons.